The molecule has 1 aliphatic heterocycles. The summed E-state index contributed by atoms with van der Waals surface area (Å²) in [6.45, 7) is 5.16. The molecule has 1 aromatic carbocycles. The van der Waals surface area contributed by atoms with Gasteiger partial charge in [0.2, 0.25) is 0 Å². The second-order valence-corrected chi connectivity index (χ2v) is 9.17. The average molecular weight is 521 g/mol. The maximum atomic E-state index is 13.0. The van der Waals surface area contributed by atoms with Gasteiger partial charge in [-0.3, -0.25) is 9.59 Å². The summed E-state index contributed by atoms with van der Waals surface area (Å²) >= 11 is 2.27. The van der Waals surface area contributed by atoms with Crippen LogP contribution in [0.2, 0.25) is 0 Å². The minimum absolute atomic E-state index is 0.151. The number of Topliss-reactive ketones (excluding diaryl/α,β-unsaturated/α-hetero) is 2. The van der Waals surface area contributed by atoms with Crippen LogP contribution < -0.4 is 14.8 Å². The van der Waals surface area contributed by atoms with E-state index in [2.05, 4.69) is 40.9 Å². The number of hydrogen-bond acceptors (Lipinski definition) is 5. The van der Waals surface area contributed by atoms with E-state index in [9.17, 15) is 9.59 Å². The van der Waals surface area contributed by atoms with Crippen LogP contribution in [0.4, 0.5) is 0 Å². The number of rotatable bonds is 6. The Morgan fingerprint density at radius 1 is 0.967 bits per heavy atom. The van der Waals surface area contributed by atoms with Gasteiger partial charge >= 0.3 is 0 Å². The fourth-order valence-corrected chi connectivity index (χ4v) is 5.46. The van der Waals surface area contributed by atoms with E-state index < -0.39 is 0 Å². The zero-order valence-corrected chi connectivity index (χ0v) is 19.8. The lowest BCUT2D eigenvalue weighted by Gasteiger charge is -2.37. The number of halogens is 1. The SMILES string of the molecule is CCCOc1c(I)cc(C2C3=C(CCCC3=O)NC3=C2C(=O)CCC3)cc1OCC. The highest BCUT2D eigenvalue weighted by Gasteiger charge is 2.40. The molecule has 0 radical (unpaired) electrons. The summed E-state index contributed by atoms with van der Waals surface area (Å²) in [6.07, 6.45) is 5.43. The maximum absolute atomic E-state index is 13.0. The third-order valence-corrected chi connectivity index (χ3v) is 6.71. The minimum Gasteiger partial charge on any atom is -0.490 e. The van der Waals surface area contributed by atoms with Crippen LogP contribution in [0.5, 0.6) is 11.5 Å². The molecule has 2 aliphatic carbocycles. The molecule has 0 spiro atoms. The predicted octanol–water partition coefficient (Wildman–Crippen LogP) is 5.18. The summed E-state index contributed by atoms with van der Waals surface area (Å²) < 4.78 is 12.8. The number of carbonyl (C=O) groups is 2. The van der Waals surface area contributed by atoms with Crippen molar-refractivity contribution in [1.82, 2.24) is 5.32 Å². The molecular weight excluding hydrogens is 493 g/mol. The molecule has 0 aromatic heterocycles. The van der Waals surface area contributed by atoms with Crippen LogP contribution in [0.15, 0.2) is 34.7 Å². The summed E-state index contributed by atoms with van der Waals surface area (Å²) in [5.74, 6) is 1.41. The Balaban J connectivity index is 1.87. The van der Waals surface area contributed by atoms with E-state index in [4.69, 9.17) is 9.47 Å². The molecule has 0 bridgehead atoms. The molecule has 1 aromatic rings. The molecule has 0 saturated heterocycles. The van der Waals surface area contributed by atoms with E-state index in [0.717, 1.165) is 69.5 Å². The van der Waals surface area contributed by atoms with Gasteiger partial charge in [-0.05, 0) is 79.3 Å². The van der Waals surface area contributed by atoms with Crippen LogP contribution in [0.25, 0.3) is 0 Å². The van der Waals surface area contributed by atoms with Crippen LogP contribution in [0.1, 0.15) is 70.3 Å². The molecule has 0 unspecified atom stereocenters. The van der Waals surface area contributed by atoms with Gasteiger partial charge in [0.15, 0.2) is 23.1 Å². The summed E-state index contributed by atoms with van der Waals surface area (Å²) in [5, 5.41) is 3.47. The van der Waals surface area contributed by atoms with Gasteiger partial charge in [0.05, 0.1) is 16.8 Å². The molecule has 30 heavy (non-hydrogen) atoms. The van der Waals surface area contributed by atoms with Gasteiger partial charge < -0.3 is 14.8 Å². The summed E-state index contributed by atoms with van der Waals surface area (Å²) in [6, 6.07) is 4.04. The topological polar surface area (TPSA) is 64.6 Å². The monoisotopic (exact) mass is 521 g/mol. The Labute approximate surface area is 191 Å². The van der Waals surface area contributed by atoms with E-state index in [0.29, 0.717) is 31.8 Å². The van der Waals surface area contributed by atoms with Crippen LogP contribution in [0, 0.1) is 3.57 Å². The molecule has 4 rings (SSSR count). The molecule has 0 atom stereocenters. The van der Waals surface area contributed by atoms with Crippen molar-refractivity contribution >= 4 is 34.2 Å². The number of ketones is 2. The third kappa shape index (κ3) is 3.90. The van der Waals surface area contributed by atoms with Crippen molar-refractivity contribution in [2.75, 3.05) is 13.2 Å². The van der Waals surface area contributed by atoms with Crippen molar-refractivity contribution in [3.8, 4) is 11.5 Å². The number of carbonyl (C=O) groups excluding carboxylic acids is 2. The highest BCUT2D eigenvalue weighted by atomic mass is 127. The lowest BCUT2D eigenvalue weighted by molar-refractivity contribution is -0.116. The average Bonchev–Trinajstić information content (AvgIpc) is 2.72. The first-order valence-corrected chi connectivity index (χ1v) is 12.0. The lowest BCUT2D eigenvalue weighted by atomic mass is 9.71. The molecule has 160 valence electrons. The summed E-state index contributed by atoms with van der Waals surface area (Å²) in [4.78, 5) is 26.0. The second-order valence-electron chi connectivity index (χ2n) is 8.01. The first-order valence-electron chi connectivity index (χ1n) is 10.9. The van der Waals surface area contributed by atoms with Gasteiger partial charge in [0.25, 0.3) is 0 Å². The molecule has 1 heterocycles. The van der Waals surface area contributed by atoms with Crippen molar-refractivity contribution in [2.45, 2.75) is 64.7 Å². The fourth-order valence-electron chi connectivity index (χ4n) is 4.68. The van der Waals surface area contributed by atoms with Crippen LogP contribution in [-0.2, 0) is 9.59 Å². The number of allylic oxidation sites excluding steroid dienone is 4. The van der Waals surface area contributed by atoms with Gasteiger partial charge in [0.1, 0.15) is 0 Å². The Morgan fingerprint density at radius 3 is 2.17 bits per heavy atom. The first kappa shape index (κ1) is 21.4. The van der Waals surface area contributed by atoms with E-state index in [1.54, 1.807) is 0 Å². The molecule has 3 aliphatic rings. The highest BCUT2D eigenvalue weighted by Crippen LogP contribution is 2.47. The van der Waals surface area contributed by atoms with Crippen molar-refractivity contribution < 1.29 is 19.1 Å². The molecule has 5 nitrogen and oxygen atoms in total. The largest absolute Gasteiger partial charge is 0.490 e. The lowest BCUT2D eigenvalue weighted by Crippen LogP contribution is -2.36. The summed E-state index contributed by atoms with van der Waals surface area (Å²) in [5.41, 5.74) is 4.50. The second kappa shape index (κ2) is 9.12. The Bertz CT molecular complexity index is 905. The van der Waals surface area contributed by atoms with Gasteiger partial charge in [-0.1, -0.05) is 6.92 Å². The Kier molecular flexibility index (Phi) is 6.51. The highest BCUT2D eigenvalue weighted by molar-refractivity contribution is 14.1. The summed E-state index contributed by atoms with van der Waals surface area (Å²) in [7, 11) is 0. The van der Waals surface area contributed by atoms with Crippen molar-refractivity contribution in [1.29, 1.82) is 0 Å². The standard InChI is InChI=1S/C24H28INO4/c1-3-11-30-24-15(25)12-14(13-20(24)29-4-2)21-22-16(7-5-9-18(22)27)26-17-8-6-10-19(28)23(17)21/h12-13,21,26H,3-11H2,1-2H3. The molecule has 0 fully saturated rings. The minimum atomic E-state index is -0.315. The third-order valence-electron chi connectivity index (χ3n) is 5.91. The first-order chi connectivity index (χ1) is 14.5. The van der Waals surface area contributed by atoms with Gasteiger partial charge in [0, 0.05) is 41.3 Å². The van der Waals surface area contributed by atoms with Gasteiger partial charge in [-0.25, -0.2) is 0 Å². The van der Waals surface area contributed by atoms with Crippen LogP contribution >= 0.6 is 22.6 Å². The molecule has 0 saturated carbocycles. The van der Waals surface area contributed by atoms with Crippen LogP contribution in [0.3, 0.4) is 0 Å². The van der Waals surface area contributed by atoms with Crippen LogP contribution in [-0.4, -0.2) is 24.8 Å². The molecule has 1 N–H and O–H groups in total. The zero-order valence-electron chi connectivity index (χ0n) is 17.6. The maximum Gasteiger partial charge on any atom is 0.174 e. The quantitative estimate of drug-likeness (QED) is 0.523. The van der Waals surface area contributed by atoms with E-state index in [-0.39, 0.29) is 17.5 Å². The van der Waals surface area contributed by atoms with Crippen molar-refractivity contribution in [3.63, 3.8) is 0 Å². The number of nitrogens with one attached hydrogen (secondary N) is 1. The molecular formula is C24H28INO4. The zero-order chi connectivity index (χ0) is 21.3. The van der Waals surface area contributed by atoms with E-state index in [1.165, 1.54) is 0 Å². The van der Waals surface area contributed by atoms with Gasteiger partial charge in [-0.2, -0.15) is 0 Å². The fraction of sp³-hybridized carbons (Fsp3) is 0.500. The Morgan fingerprint density at radius 2 is 1.60 bits per heavy atom. The van der Waals surface area contributed by atoms with Gasteiger partial charge in [-0.15, -0.1) is 0 Å². The predicted molar refractivity (Wildman–Crippen MR) is 124 cm³/mol. The number of benzene rings is 1. The van der Waals surface area contributed by atoms with E-state index in [1.807, 2.05) is 13.0 Å². The van der Waals surface area contributed by atoms with Crippen molar-refractivity contribution in [3.05, 3.63) is 43.8 Å². The van der Waals surface area contributed by atoms with Crippen molar-refractivity contribution in [2.24, 2.45) is 0 Å². The number of hydrogen-bond donors (Lipinski definition) is 1. The normalized spacial score (nSPS) is 19.4. The van der Waals surface area contributed by atoms with E-state index >= 15 is 0 Å². The Hall–Kier alpha value is -1.83. The number of dihydropyridines is 1. The smallest absolute Gasteiger partial charge is 0.174 e. The molecule has 6 heteroatoms. The molecule has 0 amide bonds. The number of ether oxygens (including phenoxy) is 2.